The van der Waals surface area contributed by atoms with Gasteiger partial charge in [0.2, 0.25) is 0 Å². The van der Waals surface area contributed by atoms with Crippen molar-refractivity contribution in [3.05, 3.63) is 83.5 Å². The van der Waals surface area contributed by atoms with E-state index in [1.807, 2.05) is 0 Å². The molecule has 0 nitrogen and oxygen atoms in total. The van der Waals surface area contributed by atoms with E-state index < -0.39 is 0 Å². The Labute approximate surface area is 224 Å². The zero-order chi connectivity index (χ0) is 25.0. The second-order valence-electron chi connectivity index (χ2n) is 14.9. The van der Waals surface area contributed by atoms with Crippen LogP contribution in [-0.2, 0) is 0 Å². The Morgan fingerprint density at radius 3 is 2.57 bits per heavy atom. The molecule has 3 fully saturated rings. The van der Waals surface area contributed by atoms with Crippen molar-refractivity contribution in [2.45, 2.75) is 90.9 Å². The quantitative estimate of drug-likeness (QED) is 0.394. The molecule has 0 N–H and O–H groups in total. The van der Waals surface area contributed by atoms with Gasteiger partial charge in [-0.1, -0.05) is 94.0 Å². The average Bonchev–Trinajstić information content (AvgIpc) is 3.56. The van der Waals surface area contributed by atoms with E-state index in [2.05, 4.69) is 87.5 Å². The van der Waals surface area contributed by atoms with Gasteiger partial charge < -0.3 is 0 Å². The predicted octanol–water partition coefficient (Wildman–Crippen LogP) is 10.2. The standard InChI is InChI=1S/C37H44/c1-25-8-9-28(20-25)30-12-13-31-22-32-14-16-34(2)33(29-11-10-26-6-4-5-7-27(26)21-29)15-17-35(34,3)37(32)19-18-36(31,23-30)24-37/h4-7,10-14,21-22,25,28,30,33H,8-9,15-20,23-24H2,1-3H3/t25-,28?,30-,33-,34-,35-,36+,37?/m1/s1. The maximum Gasteiger partial charge on any atom is 0.00180 e. The minimum atomic E-state index is 0.334. The summed E-state index contributed by atoms with van der Waals surface area (Å²) in [6.45, 7) is 7.91. The lowest BCUT2D eigenvalue weighted by Crippen LogP contribution is -2.53. The Hall–Kier alpha value is -2.08. The van der Waals surface area contributed by atoms with E-state index >= 15 is 0 Å². The van der Waals surface area contributed by atoms with E-state index in [-0.39, 0.29) is 0 Å². The Morgan fingerprint density at radius 2 is 1.73 bits per heavy atom. The Balaban J connectivity index is 1.18. The zero-order valence-electron chi connectivity index (χ0n) is 23.2. The Bertz CT molecular complexity index is 1370. The van der Waals surface area contributed by atoms with Gasteiger partial charge in [-0.3, -0.25) is 0 Å². The zero-order valence-corrected chi connectivity index (χ0v) is 23.2. The molecule has 0 saturated heterocycles. The van der Waals surface area contributed by atoms with Gasteiger partial charge in [-0.05, 0) is 125 Å². The van der Waals surface area contributed by atoms with Crippen molar-refractivity contribution in [1.29, 1.82) is 0 Å². The fourth-order valence-electron chi connectivity index (χ4n) is 11.3. The van der Waals surface area contributed by atoms with Crippen LogP contribution in [0.15, 0.2) is 77.9 Å². The van der Waals surface area contributed by atoms with Gasteiger partial charge in [0.05, 0.1) is 0 Å². The smallest absolute Gasteiger partial charge is 0.00180 e. The van der Waals surface area contributed by atoms with Crippen LogP contribution in [0.5, 0.6) is 0 Å². The molecule has 2 aromatic rings. The average molecular weight is 489 g/mol. The van der Waals surface area contributed by atoms with Crippen molar-refractivity contribution in [2.75, 3.05) is 0 Å². The van der Waals surface area contributed by atoms with Gasteiger partial charge in [-0.25, -0.2) is 0 Å². The fraction of sp³-hybridized carbons (Fsp3) is 0.568. The topological polar surface area (TPSA) is 0 Å². The third kappa shape index (κ3) is 2.86. The van der Waals surface area contributed by atoms with E-state index in [9.17, 15) is 0 Å². The number of fused-ring (bicyclic) bond motifs is 2. The van der Waals surface area contributed by atoms with Gasteiger partial charge in [0.1, 0.15) is 0 Å². The SMILES string of the molecule is C[C@@H]1CCC([C@@H]2C=CC3=CC4=CC[C@]5(C)[C@@H](c6ccc7ccccc7c6)CC[C@@]5(C)C45CC[C@]3(C2)C5)C1. The largest absolute Gasteiger partial charge is 0.0808 e. The van der Waals surface area contributed by atoms with E-state index in [0.29, 0.717) is 27.6 Å². The monoisotopic (exact) mass is 488 g/mol. The summed E-state index contributed by atoms with van der Waals surface area (Å²) >= 11 is 0. The predicted molar refractivity (Wildman–Crippen MR) is 155 cm³/mol. The molecule has 8 atom stereocenters. The highest BCUT2D eigenvalue weighted by molar-refractivity contribution is 5.83. The first-order valence-corrected chi connectivity index (χ1v) is 15.5. The molecule has 6 aliphatic rings. The van der Waals surface area contributed by atoms with Crippen molar-refractivity contribution in [3.8, 4) is 0 Å². The number of allylic oxidation sites excluding steroid dienone is 6. The molecular formula is C37H44. The van der Waals surface area contributed by atoms with Gasteiger partial charge in [-0.2, -0.15) is 0 Å². The first-order valence-electron chi connectivity index (χ1n) is 15.5. The van der Waals surface area contributed by atoms with Crippen LogP contribution in [0, 0.1) is 39.4 Å². The third-order valence-electron chi connectivity index (χ3n) is 13.6. The molecule has 6 aliphatic carbocycles. The molecule has 0 aliphatic heterocycles. The van der Waals surface area contributed by atoms with Crippen LogP contribution >= 0.6 is 0 Å². The summed E-state index contributed by atoms with van der Waals surface area (Å²) in [5, 5.41) is 2.79. The molecule has 0 heteroatoms. The molecule has 2 spiro atoms. The molecule has 2 unspecified atom stereocenters. The summed E-state index contributed by atoms with van der Waals surface area (Å²) in [5.74, 6) is 3.36. The minimum absolute atomic E-state index is 0.334. The van der Waals surface area contributed by atoms with E-state index in [1.54, 1.807) is 16.7 Å². The summed E-state index contributed by atoms with van der Waals surface area (Å²) in [7, 11) is 0. The van der Waals surface area contributed by atoms with Crippen LogP contribution in [0.4, 0.5) is 0 Å². The second kappa shape index (κ2) is 7.52. The van der Waals surface area contributed by atoms with Crippen molar-refractivity contribution < 1.29 is 0 Å². The third-order valence-corrected chi connectivity index (χ3v) is 13.6. The van der Waals surface area contributed by atoms with Crippen LogP contribution in [0.1, 0.15) is 96.5 Å². The highest BCUT2D eigenvalue weighted by Gasteiger charge is 2.70. The summed E-state index contributed by atoms with van der Waals surface area (Å²) in [5.41, 5.74) is 6.57. The summed E-state index contributed by atoms with van der Waals surface area (Å²) in [6.07, 6.45) is 24.7. The summed E-state index contributed by atoms with van der Waals surface area (Å²) in [6, 6.07) is 16.3. The Morgan fingerprint density at radius 1 is 0.865 bits per heavy atom. The van der Waals surface area contributed by atoms with Gasteiger partial charge in [0, 0.05) is 5.41 Å². The van der Waals surface area contributed by atoms with Crippen LogP contribution in [-0.4, -0.2) is 0 Å². The van der Waals surface area contributed by atoms with E-state index in [0.717, 1.165) is 17.8 Å². The molecule has 8 rings (SSSR count). The van der Waals surface area contributed by atoms with Gasteiger partial charge in [0.25, 0.3) is 0 Å². The van der Waals surface area contributed by atoms with E-state index in [1.165, 1.54) is 75.0 Å². The lowest BCUT2D eigenvalue weighted by Gasteiger charge is -2.61. The highest BCUT2D eigenvalue weighted by atomic mass is 14.7. The lowest BCUT2D eigenvalue weighted by molar-refractivity contribution is -0.0401. The van der Waals surface area contributed by atoms with Gasteiger partial charge in [-0.15, -0.1) is 0 Å². The Kier molecular flexibility index (Phi) is 4.65. The molecule has 37 heavy (non-hydrogen) atoms. The van der Waals surface area contributed by atoms with Crippen LogP contribution in [0.3, 0.4) is 0 Å². The fourth-order valence-corrected chi connectivity index (χ4v) is 11.3. The first-order chi connectivity index (χ1) is 17.9. The molecule has 0 radical (unpaired) electrons. The normalized spacial score (nSPS) is 45.8. The first kappa shape index (κ1) is 22.9. The highest BCUT2D eigenvalue weighted by Crippen LogP contribution is 2.80. The lowest BCUT2D eigenvalue weighted by atomic mass is 9.43. The summed E-state index contributed by atoms with van der Waals surface area (Å²) in [4.78, 5) is 0. The van der Waals surface area contributed by atoms with Crippen molar-refractivity contribution >= 4 is 10.8 Å². The molecular weight excluding hydrogens is 444 g/mol. The van der Waals surface area contributed by atoms with Crippen molar-refractivity contribution in [2.24, 2.45) is 39.4 Å². The molecule has 2 bridgehead atoms. The van der Waals surface area contributed by atoms with Crippen molar-refractivity contribution in [3.63, 3.8) is 0 Å². The number of hydrogen-bond acceptors (Lipinski definition) is 0. The van der Waals surface area contributed by atoms with Crippen LogP contribution in [0.25, 0.3) is 10.8 Å². The second-order valence-corrected chi connectivity index (χ2v) is 14.9. The molecule has 3 saturated carbocycles. The van der Waals surface area contributed by atoms with Crippen LogP contribution < -0.4 is 0 Å². The van der Waals surface area contributed by atoms with Crippen LogP contribution in [0.2, 0.25) is 0 Å². The van der Waals surface area contributed by atoms with Gasteiger partial charge >= 0.3 is 0 Å². The van der Waals surface area contributed by atoms with Gasteiger partial charge in [0.15, 0.2) is 0 Å². The van der Waals surface area contributed by atoms with E-state index in [4.69, 9.17) is 0 Å². The minimum Gasteiger partial charge on any atom is -0.0808 e. The number of hydrogen-bond donors (Lipinski definition) is 0. The molecule has 0 amide bonds. The molecule has 0 heterocycles. The van der Waals surface area contributed by atoms with Crippen molar-refractivity contribution in [1.82, 2.24) is 0 Å². The number of benzene rings is 2. The molecule has 192 valence electrons. The molecule has 0 aromatic heterocycles. The summed E-state index contributed by atoms with van der Waals surface area (Å²) < 4.78 is 0. The molecule has 2 aromatic carbocycles. The maximum atomic E-state index is 2.74. The number of rotatable bonds is 2. The maximum absolute atomic E-state index is 2.74.